The number of hydrogen-bond donors (Lipinski definition) is 1. The van der Waals surface area contributed by atoms with Crippen LogP contribution >= 0.6 is 0 Å². The van der Waals surface area contributed by atoms with Gasteiger partial charge in [-0.2, -0.15) is 0 Å². The summed E-state index contributed by atoms with van der Waals surface area (Å²) >= 11 is 0. The molecule has 6 heteroatoms. The molecule has 0 spiro atoms. The van der Waals surface area contributed by atoms with Crippen molar-refractivity contribution in [2.24, 2.45) is 0 Å². The van der Waals surface area contributed by atoms with Gasteiger partial charge in [0.25, 0.3) is 0 Å². The summed E-state index contributed by atoms with van der Waals surface area (Å²) in [7, 11) is 1.98. The number of likely N-dealkylation sites (N-methyl/N-ethyl adjacent to an activating group) is 1. The third-order valence-corrected chi connectivity index (χ3v) is 5.34. The Morgan fingerprint density at radius 1 is 1.14 bits per heavy atom. The fraction of sp³-hybridized carbons (Fsp3) is 0.348. The Hall–Kier alpha value is -2.83. The molecule has 4 rings (SSSR count). The van der Waals surface area contributed by atoms with E-state index in [1.54, 1.807) is 12.4 Å². The van der Waals surface area contributed by atoms with E-state index in [2.05, 4.69) is 39.1 Å². The summed E-state index contributed by atoms with van der Waals surface area (Å²) in [5.41, 5.74) is 2.30. The highest BCUT2D eigenvalue weighted by atomic mass is 16.3. The summed E-state index contributed by atoms with van der Waals surface area (Å²) in [6, 6.07) is 16.2. The molecule has 0 amide bonds. The fourth-order valence-corrected chi connectivity index (χ4v) is 3.94. The molecule has 150 valence electrons. The van der Waals surface area contributed by atoms with E-state index in [0.29, 0.717) is 18.9 Å². The Morgan fingerprint density at radius 3 is 2.72 bits per heavy atom. The van der Waals surface area contributed by atoms with Crippen molar-refractivity contribution in [2.75, 3.05) is 31.6 Å². The molecule has 0 bridgehead atoms. The van der Waals surface area contributed by atoms with Gasteiger partial charge in [-0.25, -0.2) is 9.97 Å². The zero-order valence-electron chi connectivity index (χ0n) is 17.0. The number of aliphatic hydroxyl groups is 1. The molecule has 6 nitrogen and oxygen atoms in total. The van der Waals surface area contributed by atoms with Crippen LogP contribution in [0.2, 0.25) is 0 Å². The van der Waals surface area contributed by atoms with E-state index < -0.39 is 5.60 Å². The molecular formula is C23H27N5O. The third kappa shape index (κ3) is 4.78. The second-order valence-electron chi connectivity index (χ2n) is 7.96. The van der Waals surface area contributed by atoms with E-state index in [1.165, 1.54) is 5.56 Å². The van der Waals surface area contributed by atoms with Crippen molar-refractivity contribution in [1.82, 2.24) is 19.9 Å². The summed E-state index contributed by atoms with van der Waals surface area (Å²) in [4.78, 5) is 17.8. The molecule has 1 aliphatic rings. The van der Waals surface area contributed by atoms with Crippen molar-refractivity contribution in [2.45, 2.75) is 25.5 Å². The predicted octanol–water partition coefficient (Wildman–Crippen LogP) is 2.92. The van der Waals surface area contributed by atoms with E-state index >= 15 is 0 Å². The van der Waals surface area contributed by atoms with Crippen LogP contribution in [0.3, 0.4) is 0 Å². The zero-order chi connectivity index (χ0) is 20.3. The molecule has 3 aromatic rings. The predicted molar refractivity (Wildman–Crippen MR) is 115 cm³/mol. The number of hydrogen-bond acceptors (Lipinski definition) is 6. The van der Waals surface area contributed by atoms with Gasteiger partial charge in [0.15, 0.2) is 5.82 Å². The average molecular weight is 390 g/mol. The number of likely N-dealkylation sites (tertiary alicyclic amines) is 1. The number of aryl methyl sites for hydroxylation is 1. The lowest BCUT2D eigenvalue weighted by molar-refractivity contribution is 0.0561. The van der Waals surface area contributed by atoms with Crippen LogP contribution in [0.1, 0.15) is 17.7 Å². The van der Waals surface area contributed by atoms with E-state index in [0.717, 1.165) is 36.6 Å². The van der Waals surface area contributed by atoms with Gasteiger partial charge in [0, 0.05) is 62.9 Å². The number of aromatic nitrogens is 3. The van der Waals surface area contributed by atoms with Gasteiger partial charge in [-0.05, 0) is 31.0 Å². The first kappa shape index (κ1) is 19.5. The first-order valence-electron chi connectivity index (χ1n) is 9.97. The van der Waals surface area contributed by atoms with Gasteiger partial charge >= 0.3 is 0 Å². The first-order chi connectivity index (χ1) is 14.0. The average Bonchev–Trinajstić information content (AvgIpc) is 3.09. The highest BCUT2D eigenvalue weighted by Crippen LogP contribution is 2.26. The van der Waals surface area contributed by atoms with Crippen molar-refractivity contribution in [3.63, 3.8) is 0 Å². The second-order valence-corrected chi connectivity index (χ2v) is 7.96. The third-order valence-electron chi connectivity index (χ3n) is 5.34. The minimum Gasteiger partial charge on any atom is -0.387 e. The lowest BCUT2D eigenvalue weighted by Gasteiger charge is -2.30. The molecule has 1 aromatic carbocycles. The summed E-state index contributed by atoms with van der Waals surface area (Å²) in [6.45, 7) is 4.91. The van der Waals surface area contributed by atoms with Gasteiger partial charge in [0.2, 0.25) is 0 Å². The number of nitrogens with zero attached hydrogens (tertiary/aromatic N) is 5. The molecule has 29 heavy (non-hydrogen) atoms. The highest BCUT2D eigenvalue weighted by Gasteiger charge is 2.37. The Morgan fingerprint density at radius 2 is 1.97 bits per heavy atom. The van der Waals surface area contributed by atoms with E-state index in [1.807, 2.05) is 43.1 Å². The van der Waals surface area contributed by atoms with Gasteiger partial charge in [-0.15, -0.1) is 0 Å². The van der Waals surface area contributed by atoms with Gasteiger partial charge in [0.1, 0.15) is 5.82 Å². The van der Waals surface area contributed by atoms with Crippen LogP contribution in [-0.4, -0.2) is 57.2 Å². The van der Waals surface area contributed by atoms with Gasteiger partial charge in [-0.3, -0.25) is 9.88 Å². The van der Waals surface area contributed by atoms with Crippen LogP contribution < -0.4 is 4.90 Å². The molecule has 0 radical (unpaired) electrons. The Kier molecular flexibility index (Phi) is 5.56. The summed E-state index contributed by atoms with van der Waals surface area (Å²) in [5, 5.41) is 11.2. The zero-order valence-corrected chi connectivity index (χ0v) is 17.0. The van der Waals surface area contributed by atoms with Crippen LogP contribution in [0.5, 0.6) is 0 Å². The Labute approximate surface area is 171 Å². The SMILES string of the molecule is Cc1cc(N(C)CC2(O)CCN(Cc3ccccc3)C2)nc(-c2cccnc2)n1. The molecule has 3 heterocycles. The molecule has 1 atom stereocenters. The van der Waals surface area contributed by atoms with Gasteiger partial charge < -0.3 is 10.0 Å². The Balaban J connectivity index is 1.45. The lowest BCUT2D eigenvalue weighted by atomic mass is 10.0. The topological polar surface area (TPSA) is 65.4 Å². The summed E-state index contributed by atoms with van der Waals surface area (Å²) in [5.74, 6) is 1.47. The van der Waals surface area contributed by atoms with Crippen molar-refractivity contribution in [1.29, 1.82) is 0 Å². The van der Waals surface area contributed by atoms with E-state index in [9.17, 15) is 5.11 Å². The minimum atomic E-state index is -0.753. The fourth-order valence-electron chi connectivity index (χ4n) is 3.94. The first-order valence-corrected chi connectivity index (χ1v) is 9.97. The molecule has 1 unspecified atom stereocenters. The summed E-state index contributed by atoms with van der Waals surface area (Å²) in [6.07, 6.45) is 4.26. The highest BCUT2D eigenvalue weighted by molar-refractivity contribution is 5.56. The van der Waals surface area contributed by atoms with Crippen LogP contribution in [0.25, 0.3) is 11.4 Å². The molecule has 1 aliphatic heterocycles. The van der Waals surface area contributed by atoms with Gasteiger partial charge in [-0.1, -0.05) is 30.3 Å². The maximum atomic E-state index is 11.2. The molecule has 0 saturated carbocycles. The normalized spacial score (nSPS) is 19.4. The lowest BCUT2D eigenvalue weighted by Crippen LogP contribution is -2.44. The quantitative estimate of drug-likeness (QED) is 0.699. The van der Waals surface area contributed by atoms with Gasteiger partial charge in [0.05, 0.1) is 5.60 Å². The Bertz CT molecular complexity index is 950. The number of β-amino-alcohol motifs (C(OH)–C–C–N with tert-alkyl or cyclic N) is 1. The maximum absolute atomic E-state index is 11.2. The largest absolute Gasteiger partial charge is 0.387 e. The van der Waals surface area contributed by atoms with E-state index in [4.69, 9.17) is 4.98 Å². The van der Waals surface area contributed by atoms with Crippen LogP contribution in [0.15, 0.2) is 60.9 Å². The second kappa shape index (κ2) is 8.27. The smallest absolute Gasteiger partial charge is 0.163 e. The molecule has 1 N–H and O–H groups in total. The molecular weight excluding hydrogens is 362 g/mol. The number of anilines is 1. The van der Waals surface area contributed by atoms with Crippen molar-refractivity contribution >= 4 is 5.82 Å². The minimum absolute atomic E-state index is 0.529. The molecule has 1 fully saturated rings. The van der Waals surface area contributed by atoms with Crippen LogP contribution in [0.4, 0.5) is 5.82 Å². The number of pyridine rings is 1. The molecule has 2 aromatic heterocycles. The molecule has 0 aliphatic carbocycles. The summed E-state index contributed by atoms with van der Waals surface area (Å²) < 4.78 is 0. The van der Waals surface area contributed by atoms with Crippen molar-refractivity contribution in [3.05, 3.63) is 72.2 Å². The van der Waals surface area contributed by atoms with E-state index in [-0.39, 0.29) is 0 Å². The molecule has 1 saturated heterocycles. The maximum Gasteiger partial charge on any atom is 0.163 e. The van der Waals surface area contributed by atoms with Crippen molar-refractivity contribution in [3.8, 4) is 11.4 Å². The van der Waals surface area contributed by atoms with Crippen molar-refractivity contribution < 1.29 is 5.11 Å². The number of benzene rings is 1. The number of rotatable bonds is 6. The monoisotopic (exact) mass is 389 g/mol. The standard InChI is InChI=1S/C23H27N5O/c1-18-13-21(26-22(25-18)20-9-6-11-24-14-20)27(2)16-23(29)10-12-28(17-23)15-19-7-4-3-5-8-19/h3-9,11,13-14,29H,10,12,15-17H2,1-2H3. The van der Waals surface area contributed by atoms with Crippen LogP contribution in [0, 0.1) is 6.92 Å². The van der Waals surface area contributed by atoms with Crippen LogP contribution in [-0.2, 0) is 6.54 Å².